The minimum absolute atomic E-state index is 0.314. The lowest BCUT2D eigenvalue weighted by molar-refractivity contribution is -0.136. The van der Waals surface area contributed by atoms with E-state index in [1.165, 1.54) is 37.7 Å². The maximum atomic E-state index is 12.4. The zero-order chi connectivity index (χ0) is 23.8. The topological polar surface area (TPSA) is 111 Å². The first-order valence-electron chi connectivity index (χ1n) is 10.8. The Morgan fingerprint density at radius 2 is 1.79 bits per heavy atom. The molecule has 2 aromatic carbocycles. The van der Waals surface area contributed by atoms with Crippen LogP contribution in [-0.2, 0) is 11.3 Å². The van der Waals surface area contributed by atoms with Gasteiger partial charge in [0.2, 0.25) is 0 Å². The molecule has 1 aliphatic rings. The minimum atomic E-state index is -1.56. The zero-order valence-corrected chi connectivity index (χ0v) is 18.8. The maximum absolute atomic E-state index is 12.4. The summed E-state index contributed by atoms with van der Waals surface area (Å²) in [6, 6.07) is 14.3. The molecule has 2 aromatic rings. The lowest BCUT2D eigenvalue weighted by atomic mass is 9.97. The normalized spacial score (nSPS) is 14.3. The first kappa shape index (κ1) is 24.2. The molecular formula is C26H29N3O4. The van der Waals surface area contributed by atoms with Gasteiger partial charge >= 0.3 is 0 Å². The number of hydroxylamine groups is 1. The van der Waals surface area contributed by atoms with E-state index >= 15 is 0 Å². The van der Waals surface area contributed by atoms with Crippen molar-refractivity contribution in [2.75, 3.05) is 0 Å². The SMILES string of the molecule is CC(C)(O)[C@H](NC(=O)c1ccc(/C=C/C#Cc2ccc(CNC3CC3)cc2)cc1)C(=O)NO. The Labute approximate surface area is 193 Å². The smallest absolute Gasteiger partial charge is 0.268 e. The summed E-state index contributed by atoms with van der Waals surface area (Å²) >= 11 is 0. The summed E-state index contributed by atoms with van der Waals surface area (Å²) in [5.74, 6) is 4.66. The number of carbonyl (C=O) groups excluding carboxylic acids is 2. The minimum Gasteiger partial charge on any atom is -0.388 e. The Bertz CT molecular complexity index is 1050. The maximum Gasteiger partial charge on any atom is 0.268 e. The van der Waals surface area contributed by atoms with E-state index in [0.29, 0.717) is 11.6 Å². The van der Waals surface area contributed by atoms with Crippen molar-refractivity contribution in [1.82, 2.24) is 16.1 Å². The van der Waals surface area contributed by atoms with Crippen LogP contribution in [0.15, 0.2) is 54.6 Å². The quantitative estimate of drug-likeness (QED) is 0.242. The Kier molecular flexibility index (Phi) is 8.01. The van der Waals surface area contributed by atoms with Gasteiger partial charge in [0.05, 0.1) is 5.60 Å². The lowest BCUT2D eigenvalue weighted by Crippen LogP contribution is -2.57. The molecule has 33 heavy (non-hydrogen) atoms. The molecule has 7 nitrogen and oxygen atoms in total. The van der Waals surface area contributed by atoms with E-state index < -0.39 is 23.5 Å². The van der Waals surface area contributed by atoms with Crippen LogP contribution in [0.3, 0.4) is 0 Å². The van der Waals surface area contributed by atoms with Gasteiger partial charge in [-0.05, 0) is 74.2 Å². The Morgan fingerprint density at radius 3 is 2.36 bits per heavy atom. The van der Waals surface area contributed by atoms with Crippen molar-refractivity contribution in [3.8, 4) is 11.8 Å². The largest absolute Gasteiger partial charge is 0.388 e. The highest BCUT2D eigenvalue weighted by Gasteiger charge is 2.34. The number of rotatable bonds is 8. The molecule has 0 saturated heterocycles. The number of hydrogen-bond donors (Lipinski definition) is 5. The van der Waals surface area contributed by atoms with Crippen molar-refractivity contribution in [3.63, 3.8) is 0 Å². The average Bonchev–Trinajstić information content (AvgIpc) is 3.63. The molecular weight excluding hydrogens is 418 g/mol. The molecule has 0 heterocycles. The predicted octanol–water partition coefficient (Wildman–Crippen LogP) is 2.38. The lowest BCUT2D eigenvalue weighted by Gasteiger charge is -2.28. The van der Waals surface area contributed by atoms with E-state index in [2.05, 4.69) is 34.6 Å². The van der Waals surface area contributed by atoms with E-state index in [-0.39, 0.29) is 0 Å². The van der Waals surface area contributed by atoms with Crippen molar-refractivity contribution in [2.24, 2.45) is 0 Å². The zero-order valence-electron chi connectivity index (χ0n) is 18.8. The number of aliphatic hydroxyl groups is 1. The van der Waals surface area contributed by atoms with Crippen LogP contribution in [0.1, 0.15) is 53.7 Å². The van der Waals surface area contributed by atoms with Crippen LogP contribution >= 0.6 is 0 Å². The standard InChI is InChI=1S/C26H29N3O4/c1-26(2,32)23(25(31)29-33)28-24(30)21-13-11-19(12-14-21)6-4-3-5-18-7-9-20(10-8-18)17-27-22-15-16-22/h4,6-14,22-23,27,32-33H,15-17H2,1-2H3,(H,28,30)(H,29,31)/b6-4+/t23-/m1/s1. The molecule has 1 fully saturated rings. The third kappa shape index (κ3) is 7.58. The molecule has 0 spiro atoms. The van der Waals surface area contributed by atoms with Gasteiger partial charge in [0, 0.05) is 23.7 Å². The summed E-state index contributed by atoms with van der Waals surface area (Å²) in [7, 11) is 0. The van der Waals surface area contributed by atoms with Crippen LogP contribution < -0.4 is 16.1 Å². The number of benzene rings is 2. The summed E-state index contributed by atoms with van der Waals surface area (Å²) in [5.41, 5.74) is 3.25. The second-order valence-corrected chi connectivity index (χ2v) is 8.61. The Morgan fingerprint density at radius 1 is 1.12 bits per heavy atom. The van der Waals surface area contributed by atoms with Crippen LogP contribution in [0.2, 0.25) is 0 Å². The molecule has 172 valence electrons. The number of hydrogen-bond acceptors (Lipinski definition) is 5. The van der Waals surface area contributed by atoms with Gasteiger partial charge in [-0.2, -0.15) is 0 Å². The molecule has 1 atom stereocenters. The fraction of sp³-hybridized carbons (Fsp3) is 0.308. The first-order chi connectivity index (χ1) is 15.8. The van der Waals surface area contributed by atoms with Crippen LogP contribution in [0.4, 0.5) is 0 Å². The summed E-state index contributed by atoms with van der Waals surface area (Å²) in [5, 5.41) is 24.8. The van der Waals surface area contributed by atoms with Crippen LogP contribution in [0.25, 0.3) is 6.08 Å². The molecule has 0 bridgehead atoms. The third-order valence-electron chi connectivity index (χ3n) is 5.23. The van der Waals surface area contributed by atoms with Crippen LogP contribution in [-0.4, -0.2) is 39.8 Å². The van der Waals surface area contributed by atoms with E-state index in [1.54, 1.807) is 30.3 Å². The van der Waals surface area contributed by atoms with Gasteiger partial charge < -0.3 is 15.7 Å². The van der Waals surface area contributed by atoms with Crippen LogP contribution in [0.5, 0.6) is 0 Å². The highest BCUT2D eigenvalue weighted by atomic mass is 16.5. The van der Waals surface area contributed by atoms with Gasteiger partial charge in [-0.25, -0.2) is 5.48 Å². The first-order valence-corrected chi connectivity index (χ1v) is 10.8. The average molecular weight is 448 g/mol. The van der Waals surface area contributed by atoms with Crippen molar-refractivity contribution < 1.29 is 19.9 Å². The van der Waals surface area contributed by atoms with Gasteiger partial charge in [0.1, 0.15) is 6.04 Å². The molecule has 1 saturated carbocycles. The van der Waals surface area contributed by atoms with Crippen molar-refractivity contribution >= 4 is 17.9 Å². The van der Waals surface area contributed by atoms with Gasteiger partial charge in [-0.3, -0.25) is 14.8 Å². The highest BCUT2D eigenvalue weighted by molar-refractivity contribution is 5.97. The number of allylic oxidation sites excluding steroid dienone is 1. The molecule has 0 unspecified atom stereocenters. The van der Waals surface area contributed by atoms with Gasteiger partial charge in [0.25, 0.3) is 11.8 Å². The van der Waals surface area contributed by atoms with E-state index in [9.17, 15) is 14.7 Å². The molecule has 0 radical (unpaired) electrons. The second-order valence-electron chi connectivity index (χ2n) is 8.61. The monoisotopic (exact) mass is 447 g/mol. The van der Waals surface area contributed by atoms with Crippen LogP contribution in [0, 0.1) is 11.8 Å². The number of amides is 2. The highest BCUT2D eigenvalue weighted by Crippen LogP contribution is 2.19. The van der Waals surface area contributed by atoms with E-state index in [4.69, 9.17) is 5.21 Å². The summed E-state index contributed by atoms with van der Waals surface area (Å²) in [6.07, 6.45) is 6.13. The van der Waals surface area contributed by atoms with E-state index in [1.807, 2.05) is 18.2 Å². The molecule has 0 aromatic heterocycles. The van der Waals surface area contributed by atoms with Crippen molar-refractivity contribution in [1.29, 1.82) is 0 Å². The summed E-state index contributed by atoms with van der Waals surface area (Å²) < 4.78 is 0. The van der Waals surface area contributed by atoms with Crippen molar-refractivity contribution in [2.45, 2.75) is 50.9 Å². The fourth-order valence-electron chi connectivity index (χ4n) is 3.11. The number of nitrogens with one attached hydrogen (secondary N) is 3. The van der Waals surface area contributed by atoms with Gasteiger partial charge in [-0.15, -0.1) is 0 Å². The third-order valence-corrected chi connectivity index (χ3v) is 5.23. The summed E-state index contributed by atoms with van der Waals surface area (Å²) in [6.45, 7) is 3.62. The molecule has 3 rings (SSSR count). The van der Waals surface area contributed by atoms with Gasteiger partial charge in [-0.1, -0.05) is 36.1 Å². The summed E-state index contributed by atoms with van der Waals surface area (Å²) in [4.78, 5) is 24.2. The van der Waals surface area contributed by atoms with Gasteiger partial charge in [0.15, 0.2) is 0 Å². The molecule has 7 heteroatoms. The fourth-order valence-corrected chi connectivity index (χ4v) is 3.11. The predicted molar refractivity (Wildman–Crippen MR) is 126 cm³/mol. The molecule has 2 amide bonds. The second kappa shape index (κ2) is 10.9. The van der Waals surface area contributed by atoms with E-state index in [0.717, 1.165) is 17.7 Å². The molecule has 5 N–H and O–H groups in total. The molecule has 1 aliphatic carbocycles. The Balaban J connectivity index is 1.54. The Hall–Kier alpha value is -3.44. The molecule has 0 aliphatic heterocycles. The number of carbonyl (C=O) groups is 2. The van der Waals surface area contributed by atoms with Crippen molar-refractivity contribution in [3.05, 3.63) is 76.9 Å².